The zero-order valence-corrected chi connectivity index (χ0v) is 8.21. The summed E-state index contributed by atoms with van der Waals surface area (Å²) in [6.45, 7) is 0. The Morgan fingerprint density at radius 1 is 1.56 bits per heavy atom. The summed E-state index contributed by atoms with van der Waals surface area (Å²) in [4.78, 5) is 21.9. The molecule has 0 aromatic rings. The molecule has 2 atom stereocenters. The van der Waals surface area contributed by atoms with E-state index in [1.54, 1.807) is 0 Å². The van der Waals surface area contributed by atoms with E-state index in [0.717, 1.165) is 7.11 Å². The van der Waals surface area contributed by atoms with Gasteiger partial charge in [0.15, 0.2) is 5.78 Å². The summed E-state index contributed by atoms with van der Waals surface area (Å²) in [7, 11) is 0.888. The zero-order valence-electron chi connectivity index (χ0n) is 8.21. The van der Waals surface area contributed by atoms with Crippen LogP contribution < -0.4 is 5.11 Å². The molecule has 2 unspecified atom stereocenters. The molecule has 1 aliphatic rings. The molecule has 90 valence electrons. The second-order valence-electron chi connectivity index (χ2n) is 3.37. The summed E-state index contributed by atoms with van der Waals surface area (Å²) < 4.78 is 41.7. The number of allylic oxidation sites excluding steroid dienone is 1. The number of carbonyl (C=O) groups is 2. The van der Waals surface area contributed by atoms with Crippen molar-refractivity contribution in [1.82, 2.24) is 0 Å². The van der Waals surface area contributed by atoms with Crippen molar-refractivity contribution in [1.29, 1.82) is 0 Å². The van der Waals surface area contributed by atoms with Crippen LogP contribution in [0.4, 0.5) is 13.2 Å². The van der Waals surface area contributed by atoms with E-state index >= 15 is 0 Å². The Bertz CT molecular complexity index is 345. The van der Waals surface area contributed by atoms with E-state index in [9.17, 15) is 27.9 Å². The predicted octanol–water partition coefficient (Wildman–Crippen LogP) is 0.171. The summed E-state index contributed by atoms with van der Waals surface area (Å²) in [6.07, 6.45) is -5.16. The first kappa shape index (κ1) is 12.5. The van der Waals surface area contributed by atoms with Gasteiger partial charge >= 0.3 is 12.1 Å². The highest BCUT2D eigenvalue weighted by atomic mass is 19.4. The number of halogens is 3. The van der Waals surface area contributed by atoms with Crippen molar-refractivity contribution >= 4 is 11.8 Å². The predicted molar refractivity (Wildman–Crippen MR) is 42.8 cm³/mol. The molecule has 0 heterocycles. The van der Waals surface area contributed by atoms with Crippen molar-refractivity contribution in [2.24, 2.45) is 11.8 Å². The van der Waals surface area contributed by atoms with Crippen LogP contribution in [-0.4, -0.2) is 25.0 Å². The average Bonchev–Trinajstić information content (AvgIpc) is 2.14. The van der Waals surface area contributed by atoms with Crippen LogP contribution in [-0.2, 0) is 14.3 Å². The monoisotopic (exact) mass is 237 g/mol. The third-order valence-electron chi connectivity index (χ3n) is 2.31. The maximum Gasteiger partial charge on any atom is 0.393 e. The molecule has 0 aromatic carbocycles. The largest absolute Gasteiger partial charge is 0.875 e. The van der Waals surface area contributed by atoms with E-state index in [-0.39, 0.29) is 0 Å². The minimum Gasteiger partial charge on any atom is -0.875 e. The Morgan fingerprint density at radius 3 is 2.56 bits per heavy atom. The lowest BCUT2D eigenvalue weighted by molar-refractivity contribution is -0.325. The lowest BCUT2D eigenvalue weighted by atomic mass is 9.81. The van der Waals surface area contributed by atoms with Gasteiger partial charge in [0.1, 0.15) is 0 Å². The van der Waals surface area contributed by atoms with Crippen LogP contribution >= 0.6 is 0 Å². The first-order valence-corrected chi connectivity index (χ1v) is 4.33. The number of hydrogen-bond acceptors (Lipinski definition) is 4. The van der Waals surface area contributed by atoms with Crippen LogP contribution in [0, 0.1) is 11.8 Å². The van der Waals surface area contributed by atoms with Gasteiger partial charge in [-0.05, 0) is 6.08 Å². The minimum absolute atomic E-state index is 0.518. The molecule has 0 saturated carbocycles. The highest BCUT2D eigenvalue weighted by molar-refractivity contribution is 5.93. The Balaban J connectivity index is 3.11. The second kappa shape index (κ2) is 4.15. The van der Waals surface area contributed by atoms with Crippen molar-refractivity contribution in [2.75, 3.05) is 7.11 Å². The molecule has 4 nitrogen and oxygen atoms in total. The highest BCUT2D eigenvalue weighted by Gasteiger charge is 2.49. The van der Waals surface area contributed by atoms with Gasteiger partial charge in [0.25, 0.3) is 0 Å². The number of rotatable bonds is 1. The molecule has 16 heavy (non-hydrogen) atoms. The third kappa shape index (κ3) is 2.34. The quantitative estimate of drug-likeness (QED) is 0.610. The Hall–Kier alpha value is -1.53. The number of alkyl halides is 3. The summed E-state index contributed by atoms with van der Waals surface area (Å²) in [5, 5.41) is 11.2. The number of esters is 1. The molecule has 0 N–H and O–H groups in total. The molecule has 0 aliphatic heterocycles. The molecule has 0 fully saturated rings. The van der Waals surface area contributed by atoms with Crippen molar-refractivity contribution in [3.63, 3.8) is 0 Å². The molecule has 0 bridgehead atoms. The number of hydrogen-bond donors (Lipinski definition) is 0. The molecule has 0 amide bonds. The standard InChI is InChI=1S/C9H9F3O4/c1-16-8(15)7-5(9(10,11)12)2-4(13)3-6(7)14/h3,5,7,14H,2H2,1H3/p-1. The molecule has 1 rings (SSSR count). The lowest BCUT2D eigenvalue weighted by Gasteiger charge is -2.34. The molecule has 0 spiro atoms. The zero-order chi connectivity index (χ0) is 12.5. The number of methoxy groups -OCH3 is 1. The summed E-state index contributed by atoms with van der Waals surface area (Å²) in [5.74, 6) is -7.58. The van der Waals surface area contributed by atoms with E-state index in [2.05, 4.69) is 4.74 Å². The van der Waals surface area contributed by atoms with E-state index in [1.807, 2.05) is 0 Å². The van der Waals surface area contributed by atoms with E-state index in [1.165, 1.54) is 0 Å². The van der Waals surface area contributed by atoms with E-state index in [0.29, 0.717) is 6.08 Å². The lowest BCUT2D eigenvalue weighted by Crippen LogP contribution is -2.43. The normalized spacial score (nSPS) is 26.2. The molecule has 0 radical (unpaired) electrons. The number of ketones is 1. The van der Waals surface area contributed by atoms with Crippen LogP contribution in [0.2, 0.25) is 0 Å². The molecular weight excluding hydrogens is 229 g/mol. The van der Waals surface area contributed by atoms with Gasteiger partial charge < -0.3 is 9.84 Å². The average molecular weight is 237 g/mol. The minimum atomic E-state index is -4.78. The van der Waals surface area contributed by atoms with Crippen LogP contribution in [0.1, 0.15) is 6.42 Å². The van der Waals surface area contributed by atoms with Crippen molar-refractivity contribution in [3.8, 4) is 0 Å². The molecular formula is C9H8F3O4-. The maximum absolute atomic E-state index is 12.5. The van der Waals surface area contributed by atoms with E-state index < -0.39 is 41.9 Å². The van der Waals surface area contributed by atoms with Crippen LogP contribution in [0.3, 0.4) is 0 Å². The number of ether oxygens (including phenoxy) is 1. The molecule has 1 aliphatic carbocycles. The molecule has 0 saturated heterocycles. The molecule has 7 heteroatoms. The summed E-state index contributed by atoms with van der Waals surface area (Å²) in [6, 6.07) is 0. The molecule has 0 aromatic heterocycles. The topological polar surface area (TPSA) is 66.4 Å². The third-order valence-corrected chi connectivity index (χ3v) is 2.31. The van der Waals surface area contributed by atoms with E-state index in [4.69, 9.17) is 0 Å². The van der Waals surface area contributed by atoms with Gasteiger partial charge in [-0.2, -0.15) is 13.2 Å². The Kier molecular flexibility index (Phi) is 3.25. The number of carbonyl (C=O) groups excluding carboxylic acids is 2. The summed E-state index contributed by atoms with van der Waals surface area (Å²) in [5.41, 5.74) is 0. The van der Waals surface area contributed by atoms with Gasteiger partial charge in [0.2, 0.25) is 0 Å². The SMILES string of the molecule is COC(=O)C1C([O-])=CC(=O)CC1C(F)(F)F. The summed E-state index contributed by atoms with van der Waals surface area (Å²) >= 11 is 0. The fraction of sp³-hybridized carbons (Fsp3) is 0.556. The van der Waals surface area contributed by atoms with Crippen molar-refractivity contribution < 1.29 is 32.6 Å². The van der Waals surface area contributed by atoms with Gasteiger partial charge in [-0.25, -0.2) is 0 Å². The highest BCUT2D eigenvalue weighted by Crippen LogP contribution is 2.39. The van der Waals surface area contributed by atoms with Gasteiger partial charge in [0, 0.05) is 6.42 Å². The van der Waals surface area contributed by atoms with Crippen molar-refractivity contribution in [3.05, 3.63) is 11.8 Å². The Labute approximate surface area is 88.7 Å². The fourth-order valence-corrected chi connectivity index (χ4v) is 1.55. The first-order valence-electron chi connectivity index (χ1n) is 4.33. The van der Waals surface area contributed by atoms with Gasteiger partial charge in [-0.15, -0.1) is 5.76 Å². The van der Waals surface area contributed by atoms with Gasteiger partial charge in [0.05, 0.1) is 18.9 Å². The van der Waals surface area contributed by atoms with Gasteiger partial charge in [-0.1, -0.05) is 0 Å². The second-order valence-corrected chi connectivity index (χ2v) is 3.37. The first-order chi connectivity index (χ1) is 7.27. The Morgan fingerprint density at radius 2 is 2.12 bits per heavy atom. The fourth-order valence-electron chi connectivity index (χ4n) is 1.55. The maximum atomic E-state index is 12.5. The van der Waals surface area contributed by atoms with Crippen LogP contribution in [0.15, 0.2) is 11.8 Å². The van der Waals surface area contributed by atoms with Gasteiger partial charge in [-0.3, -0.25) is 9.59 Å². The van der Waals surface area contributed by atoms with Crippen LogP contribution in [0.5, 0.6) is 0 Å². The van der Waals surface area contributed by atoms with Crippen molar-refractivity contribution in [2.45, 2.75) is 12.6 Å². The smallest absolute Gasteiger partial charge is 0.393 e. The van der Waals surface area contributed by atoms with Crippen LogP contribution in [0.25, 0.3) is 0 Å².